The van der Waals surface area contributed by atoms with E-state index in [9.17, 15) is 0 Å². The number of nitrogens with two attached hydrogens (primary N) is 1. The van der Waals surface area contributed by atoms with Crippen molar-refractivity contribution in [1.82, 2.24) is 0 Å². The Bertz CT molecular complexity index is 304. The molecule has 1 saturated carbocycles. The van der Waals surface area contributed by atoms with Gasteiger partial charge in [-0.3, -0.25) is 0 Å². The lowest BCUT2D eigenvalue weighted by molar-refractivity contribution is 0.0851. The number of ether oxygens (including phenoxy) is 1. The van der Waals surface area contributed by atoms with E-state index in [1.807, 2.05) is 0 Å². The molecule has 2 rings (SSSR count). The molecular weight excluding hydrogens is 210 g/mol. The second-order valence-corrected chi connectivity index (χ2v) is 5.09. The van der Waals surface area contributed by atoms with Gasteiger partial charge in [0.1, 0.15) is 0 Å². The van der Waals surface area contributed by atoms with Gasteiger partial charge in [0.15, 0.2) is 0 Å². The van der Waals surface area contributed by atoms with Crippen LogP contribution in [0.15, 0.2) is 30.3 Å². The summed E-state index contributed by atoms with van der Waals surface area (Å²) in [5, 5.41) is 0. The van der Waals surface area contributed by atoms with Crippen molar-refractivity contribution < 1.29 is 4.74 Å². The van der Waals surface area contributed by atoms with Gasteiger partial charge >= 0.3 is 0 Å². The smallest absolute Gasteiger partial charge is 0.0506 e. The number of hydrogen-bond donors (Lipinski definition) is 1. The van der Waals surface area contributed by atoms with Crippen molar-refractivity contribution in [3.8, 4) is 0 Å². The first-order valence-corrected chi connectivity index (χ1v) is 6.72. The first kappa shape index (κ1) is 12.6. The third-order valence-corrected chi connectivity index (χ3v) is 3.62. The van der Waals surface area contributed by atoms with Gasteiger partial charge in [-0.25, -0.2) is 0 Å². The minimum Gasteiger partial charge on any atom is -0.381 e. The molecule has 1 aromatic rings. The molecule has 2 N–H and O–H groups in total. The van der Waals surface area contributed by atoms with Crippen LogP contribution in [0.5, 0.6) is 0 Å². The molecule has 17 heavy (non-hydrogen) atoms. The van der Waals surface area contributed by atoms with Crippen molar-refractivity contribution in [3.63, 3.8) is 0 Å². The van der Waals surface area contributed by atoms with Gasteiger partial charge < -0.3 is 10.5 Å². The summed E-state index contributed by atoms with van der Waals surface area (Å²) in [6.45, 7) is 1.76. The molecule has 0 saturated heterocycles. The molecule has 1 aliphatic rings. The molecule has 0 atom stereocenters. The molecule has 0 bridgehead atoms. The highest BCUT2D eigenvalue weighted by Gasteiger charge is 2.18. The lowest BCUT2D eigenvalue weighted by atomic mass is 9.87. The minimum atomic E-state index is 0.440. The highest BCUT2D eigenvalue weighted by Crippen LogP contribution is 2.23. The van der Waals surface area contributed by atoms with E-state index in [1.165, 1.54) is 31.2 Å². The largest absolute Gasteiger partial charge is 0.381 e. The Hall–Kier alpha value is -0.860. The lowest BCUT2D eigenvalue weighted by Crippen LogP contribution is -2.28. The third kappa shape index (κ3) is 4.49. The fourth-order valence-electron chi connectivity index (χ4n) is 2.44. The van der Waals surface area contributed by atoms with Crippen molar-refractivity contribution in [2.75, 3.05) is 13.2 Å². The van der Waals surface area contributed by atoms with Crippen LogP contribution in [0.25, 0.3) is 0 Å². The SMILES string of the molecule is N[C@H]1CC[C@H](COCCc2ccccc2)CC1. The van der Waals surface area contributed by atoms with Gasteiger partial charge in [0.25, 0.3) is 0 Å². The molecule has 0 radical (unpaired) electrons. The molecule has 0 amide bonds. The van der Waals surface area contributed by atoms with Crippen molar-refractivity contribution in [2.24, 2.45) is 11.7 Å². The molecule has 94 valence electrons. The van der Waals surface area contributed by atoms with Crippen LogP contribution in [-0.4, -0.2) is 19.3 Å². The topological polar surface area (TPSA) is 35.2 Å². The summed E-state index contributed by atoms with van der Waals surface area (Å²) in [7, 11) is 0. The number of hydrogen-bond acceptors (Lipinski definition) is 2. The first-order valence-electron chi connectivity index (χ1n) is 6.72. The summed E-state index contributed by atoms with van der Waals surface area (Å²) < 4.78 is 5.77. The maximum absolute atomic E-state index is 5.89. The second-order valence-electron chi connectivity index (χ2n) is 5.09. The maximum Gasteiger partial charge on any atom is 0.0506 e. The van der Waals surface area contributed by atoms with Crippen LogP contribution in [0.2, 0.25) is 0 Å². The lowest BCUT2D eigenvalue weighted by Gasteiger charge is -2.25. The van der Waals surface area contributed by atoms with E-state index in [2.05, 4.69) is 30.3 Å². The quantitative estimate of drug-likeness (QED) is 0.794. The van der Waals surface area contributed by atoms with E-state index in [4.69, 9.17) is 10.5 Å². The molecule has 0 aliphatic heterocycles. The van der Waals surface area contributed by atoms with Gasteiger partial charge in [-0.1, -0.05) is 30.3 Å². The zero-order valence-corrected chi connectivity index (χ0v) is 10.5. The van der Waals surface area contributed by atoms with Crippen LogP contribution < -0.4 is 5.73 Å². The average molecular weight is 233 g/mol. The summed E-state index contributed by atoms with van der Waals surface area (Å²) in [4.78, 5) is 0. The summed E-state index contributed by atoms with van der Waals surface area (Å²) >= 11 is 0. The van der Waals surface area contributed by atoms with Gasteiger partial charge in [-0.05, 0) is 43.6 Å². The van der Waals surface area contributed by atoms with Gasteiger partial charge in [0.05, 0.1) is 6.61 Å². The van der Waals surface area contributed by atoms with Crippen molar-refractivity contribution in [3.05, 3.63) is 35.9 Å². The predicted octanol–water partition coefficient (Wildman–Crippen LogP) is 2.76. The van der Waals surface area contributed by atoms with E-state index in [-0.39, 0.29) is 0 Å². The second kappa shape index (κ2) is 6.77. The Morgan fingerprint density at radius 3 is 2.47 bits per heavy atom. The molecule has 2 heteroatoms. The fourth-order valence-corrected chi connectivity index (χ4v) is 2.44. The predicted molar refractivity (Wildman–Crippen MR) is 70.9 cm³/mol. The Balaban J connectivity index is 1.57. The van der Waals surface area contributed by atoms with Crippen molar-refractivity contribution in [2.45, 2.75) is 38.1 Å². The average Bonchev–Trinajstić information content (AvgIpc) is 2.38. The molecule has 0 heterocycles. The fraction of sp³-hybridized carbons (Fsp3) is 0.600. The zero-order chi connectivity index (χ0) is 11.9. The molecule has 0 unspecified atom stereocenters. The Morgan fingerprint density at radius 2 is 1.76 bits per heavy atom. The van der Waals surface area contributed by atoms with Gasteiger partial charge in [-0.15, -0.1) is 0 Å². The Labute approximate surface area is 104 Å². The number of benzene rings is 1. The van der Waals surface area contributed by atoms with E-state index < -0.39 is 0 Å². The van der Waals surface area contributed by atoms with E-state index in [0.29, 0.717) is 6.04 Å². The van der Waals surface area contributed by atoms with Gasteiger partial charge in [0, 0.05) is 12.6 Å². The monoisotopic (exact) mass is 233 g/mol. The molecule has 1 aromatic carbocycles. The molecular formula is C15H23NO. The summed E-state index contributed by atoms with van der Waals surface area (Å²) in [5.41, 5.74) is 7.25. The van der Waals surface area contributed by atoms with Crippen molar-refractivity contribution >= 4 is 0 Å². The summed E-state index contributed by atoms with van der Waals surface area (Å²) in [6.07, 6.45) is 5.85. The molecule has 1 fully saturated rings. The van der Waals surface area contributed by atoms with Gasteiger partial charge in [-0.2, -0.15) is 0 Å². The summed E-state index contributed by atoms with van der Waals surface area (Å²) in [5.74, 6) is 0.741. The van der Waals surface area contributed by atoms with Crippen LogP contribution in [-0.2, 0) is 11.2 Å². The van der Waals surface area contributed by atoms with E-state index in [0.717, 1.165) is 25.6 Å². The zero-order valence-electron chi connectivity index (χ0n) is 10.5. The Kier molecular flexibility index (Phi) is 5.02. The normalized spacial score (nSPS) is 24.8. The van der Waals surface area contributed by atoms with Crippen LogP contribution in [0.1, 0.15) is 31.2 Å². The molecule has 0 aromatic heterocycles. The molecule has 1 aliphatic carbocycles. The van der Waals surface area contributed by atoms with E-state index >= 15 is 0 Å². The van der Waals surface area contributed by atoms with Gasteiger partial charge in [0.2, 0.25) is 0 Å². The Morgan fingerprint density at radius 1 is 1.06 bits per heavy atom. The maximum atomic E-state index is 5.89. The molecule has 2 nitrogen and oxygen atoms in total. The van der Waals surface area contributed by atoms with Crippen LogP contribution in [0.4, 0.5) is 0 Å². The highest BCUT2D eigenvalue weighted by atomic mass is 16.5. The van der Waals surface area contributed by atoms with Crippen LogP contribution in [0.3, 0.4) is 0 Å². The standard InChI is InChI=1S/C15H23NO/c16-15-8-6-14(7-9-15)12-17-11-10-13-4-2-1-3-5-13/h1-5,14-15H,6-12,16H2/t14-,15-. The highest BCUT2D eigenvalue weighted by molar-refractivity contribution is 5.14. The number of rotatable bonds is 5. The molecule has 0 spiro atoms. The van der Waals surface area contributed by atoms with Crippen molar-refractivity contribution in [1.29, 1.82) is 0 Å². The van der Waals surface area contributed by atoms with Crippen LogP contribution >= 0.6 is 0 Å². The summed E-state index contributed by atoms with van der Waals surface area (Å²) in [6, 6.07) is 11.0. The third-order valence-electron chi connectivity index (χ3n) is 3.62. The minimum absolute atomic E-state index is 0.440. The first-order chi connectivity index (χ1) is 8.34. The van der Waals surface area contributed by atoms with Crippen LogP contribution in [0, 0.1) is 5.92 Å². The van der Waals surface area contributed by atoms with E-state index in [1.54, 1.807) is 0 Å².